The highest BCUT2D eigenvalue weighted by Crippen LogP contribution is 2.33. The van der Waals surface area contributed by atoms with E-state index in [4.69, 9.17) is 23.2 Å². The van der Waals surface area contributed by atoms with Gasteiger partial charge >= 0.3 is 0 Å². The zero-order valence-electron chi connectivity index (χ0n) is 9.13. The molecule has 2 rings (SSSR count). The van der Waals surface area contributed by atoms with E-state index in [1.165, 1.54) is 12.8 Å². The molecule has 1 aliphatic carbocycles. The quantitative estimate of drug-likeness (QED) is 0.872. The fourth-order valence-corrected chi connectivity index (χ4v) is 2.15. The van der Waals surface area contributed by atoms with Crippen LogP contribution in [0.5, 0.6) is 0 Å². The minimum absolute atomic E-state index is 0.437. The molecule has 0 aromatic heterocycles. The van der Waals surface area contributed by atoms with E-state index in [0.29, 0.717) is 28.2 Å². The van der Waals surface area contributed by atoms with Crippen LogP contribution in [0, 0.1) is 0 Å². The molecule has 1 unspecified atom stereocenters. The maximum absolute atomic E-state index is 10.4. The first-order valence-corrected chi connectivity index (χ1v) is 6.16. The molecule has 0 spiro atoms. The summed E-state index contributed by atoms with van der Waals surface area (Å²) in [7, 11) is 0. The van der Waals surface area contributed by atoms with Crippen molar-refractivity contribution in [1.29, 1.82) is 0 Å². The van der Waals surface area contributed by atoms with Crippen LogP contribution in [0.1, 0.15) is 25.3 Å². The topological polar surface area (TPSA) is 32.3 Å². The molecule has 0 heterocycles. The van der Waals surface area contributed by atoms with E-state index in [1.807, 2.05) is 6.07 Å². The number of benzene rings is 1. The lowest BCUT2D eigenvalue weighted by Crippen LogP contribution is -2.36. The van der Waals surface area contributed by atoms with Crippen LogP contribution in [0.4, 0.5) is 0 Å². The van der Waals surface area contributed by atoms with Gasteiger partial charge in [-0.05, 0) is 25.8 Å². The smallest absolute Gasteiger partial charge is 0.101 e. The summed E-state index contributed by atoms with van der Waals surface area (Å²) in [5.41, 5.74) is -0.306. The highest BCUT2D eigenvalue weighted by Gasteiger charge is 2.29. The molecule has 1 aromatic carbocycles. The van der Waals surface area contributed by atoms with Gasteiger partial charge in [0.1, 0.15) is 5.60 Å². The first kappa shape index (κ1) is 12.2. The van der Waals surface area contributed by atoms with Gasteiger partial charge in [-0.1, -0.05) is 35.3 Å². The van der Waals surface area contributed by atoms with Crippen molar-refractivity contribution in [1.82, 2.24) is 5.32 Å². The van der Waals surface area contributed by atoms with Crippen LogP contribution in [-0.4, -0.2) is 17.7 Å². The van der Waals surface area contributed by atoms with Gasteiger partial charge in [0.15, 0.2) is 0 Å². The molecule has 2 nitrogen and oxygen atoms in total. The standard InChI is InChI=1S/C12H15Cl2NO/c1-12(16,7-15-8-5-6-8)9-3-2-4-10(13)11(9)14/h2-4,8,15-16H,5-7H2,1H3. The van der Waals surface area contributed by atoms with Gasteiger partial charge < -0.3 is 10.4 Å². The van der Waals surface area contributed by atoms with Crippen molar-refractivity contribution in [2.75, 3.05) is 6.54 Å². The van der Waals surface area contributed by atoms with Crippen LogP contribution in [0.15, 0.2) is 18.2 Å². The molecule has 1 saturated carbocycles. The second kappa shape index (κ2) is 4.53. The van der Waals surface area contributed by atoms with Gasteiger partial charge in [0, 0.05) is 18.2 Å². The zero-order valence-corrected chi connectivity index (χ0v) is 10.6. The molecular formula is C12H15Cl2NO. The molecule has 1 aliphatic rings. The molecule has 4 heteroatoms. The van der Waals surface area contributed by atoms with Gasteiger partial charge in [0.25, 0.3) is 0 Å². The van der Waals surface area contributed by atoms with E-state index in [2.05, 4.69) is 5.32 Å². The van der Waals surface area contributed by atoms with E-state index < -0.39 is 5.60 Å². The Labute approximate surface area is 106 Å². The molecule has 16 heavy (non-hydrogen) atoms. The lowest BCUT2D eigenvalue weighted by molar-refractivity contribution is 0.0567. The van der Waals surface area contributed by atoms with Gasteiger partial charge in [0.05, 0.1) is 10.0 Å². The van der Waals surface area contributed by atoms with Crippen LogP contribution in [0.2, 0.25) is 10.0 Å². The van der Waals surface area contributed by atoms with Gasteiger partial charge in [-0.2, -0.15) is 0 Å². The zero-order chi connectivity index (χ0) is 11.8. The molecule has 1 aromatic rings. The highest BCUT2D eigenvalue weighted by atomic mass is 35.5. The minimum atomic E-state index is -0.982. The molecule has 2 N–H and O–H groups in total. The number of nitrogens with one attached hydrogen (secondary N) is 1. The molecule has 0 radical (unpaired) electrons. The third-order valence-electron chi connectivity index (χ3n) is 2.84. The van der Waals surface area contributed by atoms with Crippen LogP contribution >= 0.6 is 23.2 Å². The summed E-state index contributed by atoms with van der Waals surface area (Å²) in [4.78, 5) is 0. The summed E-state index contributed by atoms with van der Waals surface area (Å²) in [5, 5.41) is 14.6. The summed E-state index contributed by atoms with van der Waals surface area (Å²) in [5.74, 6) is 0. The Bertz CT molecular complexity index is 389. The normalized spacial score (nSPS) is 19.5. The van der Waals surface area contributed by atoms with Gasteiger partial charge in [-0.15, -0.1) is 0 Å². The maximum atomic E-state index is 10.4. The molecule has 0 saturated heterocycles. The van der Waals surface area contributed by atoms with Crippen LogP contribution in [0.25, 0.3) is 0 Å². The summed E-state index contributed by atoms with van der Waals surface area (Å²) >= 11 is 12.0. The third kappa shape index (κ3) is 2.69. The Kier molecular flexibility index (Phi) is 3.45. The SMILES string of the molecule is CC(O)(CNC1CC1)c1cccc(Cl)c1Cl. The van der Waals surface area contributed by atoms with Crippen molar-refractivity contribution in [2.45, 2.75) is 31.4 Å². The molecule has 0 amide bonds. The Morgan fingerprint density at radius 2 is 2.12 bits per heavy atom. The monoisotopic (exact) mass is 259 g/mol. The van der Waals surface area contributed by atoms with E-state index in [9.17, 15) is 5.11 Å². The Balaban J connectivity index is 2.16. The lowest BCUT2D eigenvalue weighted by atomic mass is 9.96. The Morgan fingerprint density at radius 1 is 1.44 bits per heavy atom. The predicted molar refractivity (Wildman–Crippen MR) is 67.1 cm³/mol. The van der Waals surface area contributed by atoms with Crippen molar-refractivity contribution >= 4 is 23.2 Å². The highest BCUT2D eigenvalue weighted by molar-refractivity contribution is 6.42. The van der Waals surface area contributed by atoms with E-state index in [0.717, 1.165) is 0 Å². The van der Waals surface area contributed by atoms with Gasteiger partial charge in [-0.3, -0.25) is 0 Å². The summed E-state index contributed by atoms with van der Waals surface area (Å²) < 4.78 is 0. The second-order valence-corrected chi connectivity index (χ2v) is 5.32. The minimum Gasteiger partial charge on any atom is -0.384 e. The van der Waals surface area contributed by atoms with Gasteiger partial charge in [0.2, 0.25) is 0 Å². The molecule has 1 atom stereocenters. The summed E-state index contributed by atoms with van der Waals surface area (Å²) in [6.07, 6.45) is 2.39. The predicted octanol–water partition coefficient (Wildman–Crippen LogP) is 2.95. The van der Waals surface area contributed by atoms with Crippen LogP contribution < -0.4 is 5.32 Å². The van der Waals surface area contributed by atoms with Crippen LogP contribution in [-0.2, 0) is 5.60 Å². The average molecular weight is 260 g/mol. The molecule has 0 aliphatic heterocycles. The summed E-state index contributed by atoms with van der Waals surface area (Å²) in [6.45, 7) is 2.25. The second-order valence-electron chi connectivity index (χ2n) is 4.53. The van der Waals surface area contributed by atoms with Crippen molar-refractivity contribution in [3.8, 4) is 0 Å². The van der Waals surface area contributed by atoms with Gasteiger partial charge in [-0.25, -0.2) is 0 Å². The number of aliphatic hydroxyl groups is 1. The largest absolute Gasteiger partial charge is 0.384 e. The molecule has 88 valence electrons. The lowest BCUT2D eigenvalue weighted by Gasteiger charge is -2.25. The van der Waals surface area contributed by atoms with Crippen molar-refractivity contribution in [3.63, 3.8) is 0 Å². The first-order chi connectivity index (χ1) is 7.50. The summed E-state index contributed by atoms with van der Waals surface area (Å²) in [6, 6.07) is 5.89. The van der Waals surface area contributed by atoms with E-state index >= 15 is 0 Å². The Hall–Kier alpha value is -0.280. The molecule has 0 bridgehead atoms. The number of halogens is 2. The van der Waals surface area contributed by atoms with E-state index in [1.54, 1.807) is 19.1 Å². The van der Waals surface area contributed by atoms with Crippen LogP contribution in [0.3, 0.4) is 0 Å². The van der Waals surface area contributed by atoms with Crippen molar-refractivity contribution in [3.05, 3.63) is 33.8 Å². The number of hydrogen-bond donors (Lipinski definition) is 2. The molecule has 1 fully saturated rings. The van der Waals surface area contributed by atoms with Crippen molar-refractivity contribution in [2.24, 2.45) is 0 Å². The number of hydrogen-bond acceptors (Lipinski definition) is 2. The maximum Gasteiger partial charge on any atom is 0.101 e. The van der Waals surface area contributed by atoms with Crippen molar-refractivity contribution < 1.29 is 5.11 Å². The van der Waals surface area contributed by atoms with E-state index in [-0.39, 0.29) is 0 Å². The average Bonchev–Trinajstić information content (AvgIpc) is 3.03. The Morgan fingerprint density at radius 3 is 2.75 bits per heavy atom. The number of rotatable bonds is 4. The first-order valence-electron chi connectivity index (χ1n) is 5.41. The molecular weight excluding hydrogens is 245 g/mol. The third-order valence-corrected chi connectivity index (χ3v) is 3.66. The fourth-order valence-electron chi connectivity index (χ4n) is 1.65. The fraction of sp³-hybridized carbons (Fsp3) is 0.500.